The van der Waals surface area contributed by atoms with Gasteiger partial charge in [-0.25, -0.2) is 9.97 Å². The molecule has 0 saturated heterocycles. The maximum atomic E-state index is 11.7. The summed E-state index contributed by atoms with van der Waals surface area (Å²) in [5.41, 5.74) is 1.40. The number of nitrogens with one attached hydrogen (secondary N) is 1. The second kappa shape index (κ2) is 4.77. The average molecular weight is 251 g/mol. The van der Waals surface area contributed by atoms with Gasteiger partial charge in [-0.05, 0) is 12.1 Å². The molecule has 6 heteroatoms. The maximum Gasteiger partial charge on any atom is 0.251 e. The van der Waals surface area contributed by atoms with E-state index in [4.69, 9.17) is 0 Å². The predicted molar refractivity (Wildman–Crippen MR) is 69.1 cm³/mol. The first-order valence-corrected chi connectivity index (χ1v) is 5.62. The van der Waals surface area contributed by atoms with Crippen molar-refractivity contribution in [3.05, 3.63) is 59.4 Å². The van der Waals surface area contributed by atoms with Gasteiger partial charge in [0.2, 0.25) is 0 Å². The number of hydrogen-bond acceptors (Lipinski definition) is 5. The number of rotatable bonds is 2. The molecule has 0 aliphatic heterocycles. The van der Waals surface area contributed by atoms with Crippen molar-refractivity contribution < 1.29 is 0 Å². The van der Waals surface area contributed by atoms with Gasteiger partial charge in [-0.15, -0.1) is 0 Å². The van der Waals surface area contributed by atoms with Crippen LogP contribution in [-0.4, -0.2) is 24.9 Å². The first kappa shape index (κ1) is 11.2. The summed E-state index contributed by atoms with van der Waals surface area (Å²) in [4.78, 5) is 30.9. The number of nitrogens with zero attached hydrogens (tertiary/aromatic N) is 4. The Morgan fingerprint density at radius 3 is 2.58 bits per heavy atom. The number of pyridine rings is 1. The summed E-state index contributed by atoms with van der Waals surface area (Å²) in [7, 11) is 0. The fraction of sp³-hybridized carbons (Fsp3) is 0. The molecule has 0 atom stereocenters. The normalized spacial score (nSPS) is 10.3. The second-order valence-corrected chi connectivity index (χ2v) is 3.78. The van der Waals surface area contributed by atoms with E-state index in [1.165, 1.54) is 6.07 Å². The van der Waals surface area contributed by atoms with Crippen LogP contribution in [0.3, 0.4) is 0 Å². The molecule has 0 unspecified atom stereocenters. The van der Waals surface area contributed by atoms with E-state index in [2.05, 4.69) is 24.9 Å². The van der Waals surface area contributed by atoms with Crippen molar-refractivity contribution in [1.82, 2.24) is 24.9 Å². The number of H-pyrrole nitrogens is 1. The minimum absolute atomic E-state index is 0.253. The molecule has 1 N–H and O–H groups in total. The van der Waals surface area contributed by atoms with Gasteiger partial charge in [0.25, 0.3) is 5.56 Å². The van der Waals surface area contributed by atoms with Crippen molar-refractivity contribution in [3.63, 3.8) is 0 Å². The molecule has 3 aromatic rings. The number of hydrogen-bond donors (Lipinski definition) is 1. The third kappa shape index (κ3) is 2.37. The SMILES string of the molecule is O=c1cc(-c2ccccn2)nc(-c2cnccn2)[nH]1. The van der Waals surface area contributed by atoms with Crippen LogP contribution in [0.5, 0.6) is 0 Å². The van der Waals surface area contributed by atoms with E-state index in [-0.39, 0.29) is 5.56 Å². The summed E-state index contributed by atoms with van der Waals surface area (Å²) >= 11 is 0. The van der Waals surface area contributed by atoms with Crippen LogP contribution >= 0.6 is 0 Å². The lowest BCUT2D eigenvalue weighted by Gasteiger charge is -2.02. The van der Waals surface area contributed by atoms with Gasteiger partial charge in [0.1, 0.15) is 5.69 Å². The molecule has 0 bridgehead atoms. The largest absolute Gasteiger partial charge is 0.305 e. The van der Waals surface area contributed by atoms with Crippen LogP contribution in [0.25, 0.3) is 22.9 Å². The third-order valence-electron chi connectivity index (χ3n) is 2.47. The molecular weight excluding hydrogens is 242 g/mol. The fourth-order valence-corrected chi connectivity index (χ4v) is 1.65. The highest BCUT2D eigenvalue weighted by Gasteiger charge is 2.07. The lowest BCUT2D eigenvalue weighted by Crippen LogP contribution is -2.09. The Bertz CT molecular complexity index is 679. The van der Waals surface area contributed by atoms with E-state index >= 15 is 0 Å². The van der Waals surface area contributed by atoms with E-state index in [1.807, 2.05) is 6.07 Å². The Balaban J connectivity index is 2.15. The molecule has 0 aliphatic carbocycles. The van der Waals surface area contributed by atoms with Crippen molar-refractivity contribution >= 4 is 0 Å². The van der Waals surface area contributed by atoms with Crippen molar-refractivity contribution in [2.45, 2.75) is 0 Å². The molecular formula is C13H9N5O. The zero-order valence-corrected chi connectivity index (χ0v) is 9.82. The third-order valence-corrected chi connectivity index (χ3v) is 2.47. The topological polar surface area (TPSA) is 84.4 Å². The second-order valence-electron chi connectivity index (χ2n) is 3.78. The Morgan fingerprint density at radius 1 is 0.947 bits per heavy atom. The Kier molecular flexibility index (Phi) is 2.82. The van der Waals surface area contributed by atoms with Crippen molar-refractivity contribution in [1.29, 1.82) is 0 Å². The first-order chi connectivity index (χ1) is 9.33. The molecule has 92 valence electrons. The minimum Gasteiger partial charge on any atom is -0.305 e. The summed E-state index contributed by atoms with van der Waals surface area (Å²) in [5, 5.41) is 0. The summed E-state index contributed by atoms with van der Waals surface area (Å²) in [6.07, 6.45) is 6.30. The monoisotopic (exact) mass is 251 g/mol. The highest BCUT2D eigenvalue weighted by molar-refractivity contribution is 5.57. The van der Waals surface area contributed by atoms with Crippen molar-refractivity contribution in [2.24, 2.45) is 0 Å². The van der Waals surface area contributed by atoms with E-state index in [1.54, 1.807) is 36.9 Å². The Morgan fingerprint density at radius 2 is 1.84 bits per heavy atom. The average Bonchev–Trinajstić information content (AvgIpc) is 2.48. The van der Waals surface area contributed by atoms with E-state index in [0.29, 0.717) is 22.9 Å². The van der Waals surface area contributed by atoms with Gasteiger partial charge in [-0.3, -0.25) is 14.8 Å². The maximum absolute atomic E-state index is 11.7. The molecule has 0 spiro atoms. The van der Waals surface area contributed by atoms with Crippen LogP contribution in [-0.2, 0) is 0 Å². The van der Waals surface area contributed by atoms with Gasteiger partial charge >= 0.3 is 0 Å². The predicted octanol–water partition coefficient (Wildman–Crippen LogP) is 1.29. The van der Waals surface area contributed by atoms with Gasteiger partial charge in [-0.2, -0.15) is 0 Å². The summed E-state index contributed by atoms with van der Waals surface area (Å²) < 4.78 is 0. The smallest absolute Gasteiger partial charge is 0.251 e. The van der Waals surface area contributed by atoms with E-state index in [0.717, 1.165) is 0 Å². The van der Waals surface area contributed by atoms with Gasteiger partial charge in [0.15, 0.2) is 5.82 Å². The van der Waals surface area contributed by atoms with Crippen LogP contribution < -0.4 is 5.56 Å². The fourth-order valence-electron chi connectivity index (χ4n) is 1.65. The van der Waals surface area contributed by atoms with Crippen LogP contribution in [0.4, 0.5) is 0 Å². The van der Waals surface area contributed by atoms with Gasteiger partial charge < -0.3 is 4.98 Å². The highest BCUT2D eigenvalue weighted by atomic mass is 16.1. The molecule has 0 saturated carbocycles. The number of aromatic nitrogens is 5. The Hall–Kier alpha value is -2.89. The van der Waals surface area contributed by atoms with Gasteiger partial charge in [0, 0.05) is 24.7 Å². The molecule has 0 amide bonds. The lowest BCUT2D eigenvalue weighted by molar-refractivity contribution is 1.08. The van der Waals surface area contributed by atoms with E-state index < -0.39 is 0 Å². The molecule has 0 fully saturated rings. The summed E-state index contributed by atoms with van der Waals surface area (Å²) in [5.74, 6) is 0.376. The molecule has 3 heterocycles. The molecule has 19 heavy (non-hydrogen) atoms. The standard InChI is InChI=1S/C13H9N5O/c19-12-7-10(9-3-1-2-4-15-9)17-13(18-12)11-8-14-5-6-16-11/h1-8H,(H,17,18,19). The zero-order valence-electron chi connectivity index (χ0n) is 9.82. The molecule has 6 nitrogen and oxygen atoms in total. The number of aromatic amines is 1. The van der Waals surface area contributed by atoms with E-state index in [9.17, 15) is 4.79 Å². The van der Waals surface area contributed by atoms with Crippen LogP contribution in [0.15, 0.2) is 53.8 Å². The Labute approximate surface area is 108 Å². The zero-order chi connectivity index (χ0) is 13.1. The van der Waals surface area contributed by atoms with Gasteiger partial charge in [0.05, 0.1) is 17.6 Å². The molecule has 0 aliphatic rings. The summed E-state index contributed by atoms with van der Waals surface area (Å²) in [6.45, 7) is 0. The highest BCUT2D eigenvalue weighted by Crippen LogP contribution is 2.14. The quantitative estimate of drug-likeness (QED) is 0.741. The molecule has 0 radical (unpaired) electrons. The van der Waals surface area contributed by atoms with Crippen molar-refractivity contribution in [3.8, 4) is 22.9 Å². The molecule has 3 rings (SSSR count). The van der Waals surface area contributed by atoms with Crippen LogP contribution in [0, 0.1) is 0 Å². The molecule has 0 aromatic carbocycles. The van der Waals surface area contributed by atoms with Crippen LogP contribution in [0.1, 0.15) is 0 Å². The van der Waals surface area contributed by atoms with Crippen molar-refractivity contribution in [2.75, 3.05) is 0 Å². The molecule has 3 aromatic heterocycles. The van der Waals surface area contributed by atoms with Crippen LogP contribution in [0.2, 0.25) is 0 Å². The lowest BCUT2D eigenvalue weighted by atomic mass is 10.2. The minimum atomic E-state index is -0.253. The summed E-state index contributed by atoms with van der Waals surface area (Å²) in [6, 6.07) is 6.85. The van der Waals surface area contributed by atoms with Gasteiger partial charge in [-0.1, -0.05) is 6.07 Å². The first-order valence-electron chi connectivity index (χ1n) is 5.62.